The molecule has 4 fully saturated rings. The summed E-state index contributed by atoms with van der Waals surface area (Å²) in [4.78, 5) is 0. The van der Waals surface area contributed by atoms with Gasteiger partial charge in [-0.25, -0.2) is 0 Å². The summed E-state index contributed by atoms with van der Waals surface area (Å²) in [6.07, 6.45) is 8.52. The Kier molecular flexibility index (Phi) is 2.77. The molecule has 0 aliphatic heterocycles. The third kappa shape index (κ3) is 1.70. The highest BCUT2D eigenvalue weighted by Crippen LogP contribution is 2.62. The molecule has 2 heteroatoms. The van der Waals surface area contributed by atoms with Crippen molar-refractivity contribution in [2.24, 2.45) is 17.8 Å². The molecule has 0 aromatic heterocycles. The molecule has 0 amide bonds. The van der Waals surface area contributed by atoms with Gasteiger partial charge in [-0.15, -0.1) is 0 Å². The predicted molar refractivity (Wildman–Crippen MR) is 79.4 cm³/mol. The summed E-state index contributed by atoms with van der Waals surface area (Å²) in [6, 6.07) is 6.44. The fraction of sp³-hybridized carbons (Fsp3) is 0.667. The van der Waals surface area contributed by atoms with Crippen LogP contribution in [0, 0.1) is 17.8 Å². The van der Waals surface area contributed by atoms with Crippen LogP contribution in [0.25, 0.3) is 0 Å². The maximum absolute atomic E-state index is 5.73. The van der Waals surface area contributed by atoms with Crippen molar-refractivity contribution in [3.8, 4) is 11.5 Å². The van der Waals surface area contributed by atoms with Crippen LogP contribution in [0.4, 0.5) is 0 Å². The zero-order chi connectivity index (χ0) is 13.7. The summed E-state index contributed by atoms with van der Waals surface area (Å²) in [6.45, 7) is 0. The van der Waals surface area contributed by atoms with Crippen LogP contribution in [0.2, 0.25) is 0 Å². The van der Waals surface area contributed by atoms with E-state index < -0.39 is 0 Å². The van der Waals surface area contributed by atoms with Gasteiger partial charge in [-0.2, -0.15) is 0 Å². The first-order valence-electron chi connectivity index (χ1n) is 7.95. The smallest absolute Gasteiger partial charge is 0.164 e. The molecule has 1 aromatic rings. The predicted octanol–water partition coefficient (Wildman–Crippen LogP) is 4.17. The monoisotopic (exact) mass is 272 g/mol. The molecule has 2 nitrogen and oxygen atoms in total. The molecule has 20 heavy (non-hydrogen) atoms. The Labute approximate surface area is 121 Å². The number of methoxy groups -OCH3 is 2. The minimum atomic E-state index is 0.370. The van der Waals surface area contributed by atoms with Crippen LogP contribution >= 0.6 is 0 Å². The molecular formula is C18H24O2. The maximum Gasteiger partial charge on any atom is 0.164 e. The SMILES string of the molecule is COc1cccc(C23CC4CC(CC(C4)C2)C3)c1OC. The van der Waals surface area contributed by atoms with Gasteiger partial charge in [0, 0.05) is 5.56 Å². The van der Waals surface area contributed by atoms with Gasteiger partial charge < -0.3 is 9.47 Å². The highest BCUT2D eigenvalue weighted by Gasteiger charge is 2.52. The van der Waals surface area contributed by atoms with Crippen LogP contribution in [0.15, 0.2) is 18.2 Å². The highest BCUT2D eigenvalue weighted by molar-refractivity contribution is 5.51. The Balaban J connectivity index is 1.81. The van der Waals surface area contributed by atoms with E-state index >= 15 is 0 Å². The third-order valence-electron chi connectivity index (χ3n) is 6.01. The number of hydrogen-bond donors (Lipinski definition) is 0. The van der Waals surface area contributed by atoms with Gasteiger partial charge in [-0.3, -0.25) is 0 Å². The minimum absolute atomic E-state index is 0.370. The van der Waals surface area contributed by atoms with Gasteiger partial charge in [0.25, 0.3) is 0 Å². The molecule has 0 unspecified atom stereocenters. The van der Waals surface area contributed by atoms with E-state index in [0.717, 1.165) is 29.3 Å². The van der Waals surface area contributed by atoms with Gasteiger partial charge in [-0.1, -0.05) is 12.1 Å². The van der Waals surface area contributed by atoms with E-state index in [1.165, 1.54) is 44.1 Å². The van der Waals surface area contributed by atoms with E-state index in [9.17, 15) is 0 Å². The number of ether oxygens (including phenoxy) is 2. The summed E-state index contributed by atoms with van der Waals surface area (Å²) in [5.74, 6) is 4.74. The second-order valence-corrected chi connectivity index (χ2v) is 7.24. The van der Waals surface area contributed by atoms with Crippen LogP contribution in [0.1, 0.15) is 44.1 Å². The van der Waals surface area contributed by atoms with Gasteiger partial charge in [0.05, 0.1) is 14.2 Å². The summed E-state index contributed by atoms with van der Waals surface area (Å²) in [5, 5.41) is 0. The summed E-state index contributed by atoms with van der Waals surface area (Å²) in [7, 11) is 3.52. The molecule has 5 rings (SSSR count). The average molecular weight is 272 g/mol. The van der Waals surface area contributed by atoms with Crippen LogP contribution < -0.4 is 9.47 Å². The first-order valence-corrected chi connectivity index (χ1v) is 7.95. The standard InChI is InChI=1S/C18H24O2/c1-19-16-5-3-4-15(17(16)20-2)18-9-12-6-13(10-18)8-14(7-12)11-18/h3-5,12-14H,6-11H2,1-2H3. The van der Waals surface area contributed by atoms with E-state index in [2.05, 4.69) is 12.1 Å². The number of para-hydroxylation sites is 1. The Bertz CT molecular complexity index is 485. The fourth-order valence-electron chi connectivity index (χ4n) is 5.75. The molecular weight excluding hydrogens is 248 g/mol. The molecule has 0 saturated heterocycles. The lowest BCUT2D eigenvalue weighted by atomic mass is 9.48. The molecule has 0 spiro atoms. The molecule has 4 aliphatic rings. The lowest BCUT2D eigenvalue weighted by molar-refractivity contribution is -0.00628. The van der Waals surface area contributed by atoms with Crippen molar-refractivity contribution in [1.82, 2.24) is 0 Å². The van der Waals surface area contributed by atoms with Crippen molar-refractivity contribution in [3.63, 3.8) is 0 Å². The van der Waals surface area contributed by atoms with Gasteiger partial charge in [0.15, 0.2) is 11.5 Å². The van der Waals surface area contributed by atoms with E-state index in [4.69, 9.17) is 9.47 Å². The second-order valence-electron chi connectivity index (χ2n) is 7.24. The highest BCUT2D eigenvalue weighted by atomic mass is 16.5. The fourth-order valence-corrected chi connectivity index (χ4v) is 5.75. The van der Waals surface area contributed by atoms with Gasteiger partial charge in [-0.05, 0) is 67.8 Å². The minimum Gasteiger partial charge on any atom is -0.493 e. The van der Waals surface area contributed by atoms with Crippen molar-refractivity contribution < 1.29 is 9.47 Å². The number of rotatable bonds is 3. The summed E-state index contributed by atoms with van der Waals surface area (Å²) in [5.41, 5.74) is 1.78. The Morgan fingerprint density at radius 3 is 2.00 bits per heavy atom. The van der Waals surface area contributed by atoms with Crippen molar-refractivity contribution >= 4 is 0 Å². The molecule has 108 valence electrons. The number of benzene rings is 1. The van der Waals surface area contributed by atoms with Crippen molar-refractivity contribution in [2.75, 3.05) is 14.2 Å². The lowest BCUT2D eigenvalue weighted by Crippen LogP contribution is -2.48. The molecule has 0 heterocycles. The molecule has 4 saturated carbocycles. The largest absolute Gasteiger partial charge is 0.493 e. The average Bonchev–Trinajstić information content (AvgIpc) is 2.44. The van der Waals surface area contributed by atoms with Gasteiger partial charge in [0.2, 0.25) is 0 Å². The van der Waals surface area contributed by atoms with Crippen LogP contribution in [0.5, 0.6) is 11.5 Å². The second kappa shape index (κ2) is 4.41. The first-order chi connectivity index (χ1) is 9.74. The topological polar surface area (TPSA) is 18.5 Å². The van der Waals surface area contributed by atoms with Crippen LogP contribution in [-0.4, -0.2) is 14.2 Å². The Morgan fingerprint density at radius 2 is 1.50 bits per heavy atom. The molecule has 4 bridgehead atoms. The Morgan fingerprint density at radius 1 is 0.900 bits per heavy atom. The molecule has 1 aromatic carbocycles. The van der Waals surface area contributed by atoms with Gasteiger partial charge >= 0.3 is 0 Å². The summed E-state index contributed by atoms with van der Waals surface area (Å²) < 4.78 is 11.2. The van der Waals surface area contributed by atoms with Crippen LogP contribution in [-0.2, 0) is 5.41 Å². The number of hydrogen-bond acceptors (Lipinski definition) is 2. The first kappa shape index (κ1) is 12.6. The summed E-state index contributed by atoms with van der Waals surface area (Å²) >= 11 is 0. The zero-order valence-corrected chi connectivity index (χ0v) is 12.5. The maximum atomic E-state index is 5.73. The molecule has 0 atom stereocenters. The zero-order valence-electron chi connectivity index (χ0n) is 12.5. The molecule has 0 N–H and O–H groups in total. The van der Waals surface area contributed by atoms with E-state index in [1.54, 1.807) is 14.2 Å². The Hall–Kier alpha value is -1.18. The quantitative estimate of drug-likeness (QED) is 0.822. The van der Waals surface area contributed by atoms with E-state index in [-0.39, 0.29) is 0 Å². The van der Waals surface area contributed by atoms with Crippen molar-refractivity contribution in [1.29, 1.82) is 0 Å². The van der Waals surface area contributed by atoms with Crippen molar-refractivity contribution in [3.05, 3.63) is 23.8 Å². The van der Waals surface area contributed by atoms with Crippen LogP contribution in [0.3, 0.4) is 0 Å². The molecule has 0 radical (unpaired) electrons. The van der Waals surface area contributed by atoms with Gasteiger partial charge in [0.1, 0.15) is 0 Å². The van der Waals surface area contributed by atoms with E-state index in [0.29, 0.717) is 5.41 Å². The molecule has 4 aliphatic carbocycles. The van der Waals surface area contributed by atoms with E-state index in [1.807, 2.05) is 6.07 Å². The normalized spacial score (nSPS) is 38.0. The third-order valence-corrected chi connectivity index (χ3v) is 6.01. The van der Waals surface area contributed by atoms with Crippen molar-refractivity contribution in [2.45, 2.75) is 43.9 Å². The lowest BCUT2D eigenvalue weighted by Gasteiger charge is -2.57.